The highest BCUT2D eigenvalue weighted by Crippen LogP contribution is 2.26. The zero-order valence-corrected chi connectivity index (χ0v) is 10.7. The lowest BCUT2D eigenvalue weighted by Crippen LogP contribution is -2.25. The van der Waals surface area contributed by atoms with E-state index in [0.29, 0.717) is 17.0 Å². The molecule has 4 N–H and O–H groups in total. The van der Waals surface area contributed by atoms with Gasteiger partial charge in [0.2, 0.25) is 0 Å². The van der Waals surface area contributed by atoms with Crippen LogP contribution in [0, 0.1) is 5.41 Å². The van der Waals surface area contributed by atoms with E-state index in [4.69, 9.17) is 27.9 Å². The number of aliphatic hydroxyl groups is 1. The monoisotopic (exact) mass is 255 g/mol. The SMILES string of the molecule is CCN(CCCO)c1ccc(C(=N)N)cc1Cl. The number of halogens is 1. The van der Waals surface area contributed by atoms with Crippen molar-refractivity contribution in [1.82, 2.24) is 0 Å². The maximum Gasteiger partial charge on any atom is 0.122 e. The Morgan fingerprint density at radius 1 is 1.53 bits per heavy atom. The average molecular weight is 256 g/mol. The first kappa shape index (κ1) is 13.8. The molecule has 1 rings (SSSR count). The predicted molar refractivity (Wildman–Crippen MR) is 72.1 cm³/mol. The van der Waals surface area contributed by atoms with Gasteiger partial charge in [0.05, 0.1) is 10.7 Å². The van der Waals surface area contributed by atoms with E-state index in [1.54, 1.807) is 12.1 Å². The van der Waals surface area contributed by atoms with E-state index in [-0.39, 0.29) is 12.4 Å². The van der Waals surface area contributed by atoms with Crippen LogP contribution in [0.1, 0.15) is 18.9 Å². The fourth-order valence-corrected chi connectivity index (χ4v) is 1.94. The van der Waals surface area contributed by atoms with Crippen LogP contribution in [0.15, 0.2) is 18.2 Å². The molecule has 0 aliphatic heterocycles. The molecule has 0 saturated carbocycles. The Morgan fingerprint density at radius 2 is 2.24 bits per heavy atom. The number of nitrogens with one attached hydrogen (secondary N) is 1. The summed E-state index contributed by atoms with van der Waals surface area (Å²) in [5.41, 5.74) is 6.93. The van der Waals surface area contributed by atoms with Gasteiger partial charge in [0.1, 0.15) is 5.84 Å². The minimum Gasteiger partial charge on any atom is -0.396 e. The van der Waals surface area contributed by atoms with E-state index in [9.17, 15) is 0 Å². The Bertz CT molecular complexity index is 395. The second-order valence-corrected chi connectivity index (χ2v) is 4.14. The van der Waals surface area contributed by atoms with Gasteiger partial charge in [-0.15, -0.1) is 0 Å². The molecule has 1 aromatic rings. The van der Waals surface area contributed by atoms with Crippen molar-refractivity contribution in [3.63, 3.8) is 0 Å². The van der Waals surface area contributed by atoms with Crippen LogP contribution in [0.3, 0.4) is 0 Å². The number of hydrogen-bond acceptors (Lipinski definition) is 3. The second kappa shape index (κ2) is 6.47. The average Bonchev–Trinajstić information content (AvgIpc) is 2.31. The van der Waals surface area contributed by atoms with Crippen molar-refractivity contribution in [2.45, 2.75) is 13.3 Å². The summed E-state index contributed by atoms with van der Waals surface area (Å²) in [7, 11) is 0. The first-order valence-electron chi connectivity index (χ1n) is 5.60. The van der Waals surface area contributed by atoms with Gasteiger partial charge in [-0.25, -0.2) is 0 Å². The summed E-state index contributed by atoms with van der Waals surface area (Å²) < 4.78 is 0. The van der Waals surface area contributed by atoms with Gasteiger partial charge in [-0.05, 0) is 31.5 Å². The Labute approximate surface area is 107 Å². The molecule has 0 heterocycles. The van der Waals surface area contributed by atoms with Gasteiger partial charge in [-0.3, -0.25) is 5.41 Å². The lowest BCUT2D eigenvalue weighted by Gasteiger charge is -2.24. The Kier molecular flexibility index (Phi) is 5.25. The third-order valence-corrected chi connectivity index (χ3v) is 2.87. The van der Waals surface area contributed by atoms with Crippen molar-refractivity contribution in [3.8, 4) is 0 Å². The first-order valence-corrected chi connectivity index (χ1v) is 5.97. The molecule has 0 amide bonds. The van der Waals surface area contributed by atoms with Gasteiger partial charge in [-0.1, -0.05) is 11.6 Å². The molecule has 1 aromatic carbocycles. The molecule has 0 radical (unpaired) electrons. The van der Waals surface area contributed by atoms with Crippen LogP contribution in [-0.2, 0) is 0 Å². The van der Waals surface area contributed by atoms with E-state index in [1.165, 1.54) is 0 Å². The van der Waals surface area contributed by atoms with Crippen LogP contribution < -0.4 is 10.6 Å². The summed E-state index contributed by atoms with van der Waals surface area (Å²) in [6.45, 7) is 3.78. The molecule has 0 fully saturated rings. The third-order valence-electron chi connectivity index (χ3n) is 2.57. The molecular formula is C12H18ClN3O. The number of hydrogen-bond donors (Lipinski definition) is 3. The van der Waals surface area contributed by atoms with Crippen LogP contribution in [0.25, 0.3) is 0 Å². The van der Waals surface area contributed by atoms with Crippen molar-refractivity contribution in [2.75, 3.05) is 24.6 Å². The molecule has 5 heteroatoms. The fourth-order valence-electron chi connectivity index (χ4n) is 1.64. The normalized spacial score (nSPS) is 10.3. The van der Waals surface area contributed by atoms with Gasteiger partial charge in [0.15, 0.2) is 0 Å². The van der Waals surface area contributed by atoms with E-state index in [0.717, 1.165) is 18.8 Å². The molecule has 0 unspecified atom stereocenters. The van der Waals surface area contributed by atoms with Crippen LogP contribution in [-0.4, -0.2) is 30.6 Å². The van der Waals surface area contributed by atoms with Gasteiger partial charge in [-0.2, -0.15) is 0 Å². The number of nitrogen functional groups attached to an aromatic ring is 1. The summed E-state index contributed by atoms with van der Waals surface area (Å²) in [5, 5.41) is 16.8. The molecule has 4 nitrogen and oxygen atoms in total. The fraction of sp³-hybridized carbons (Fsp3) is 0.417. The molecule has 0 bridgehead atoms. The van der Waals surface area contributed by atoms with Crippen LogP contribution in [0.5, 0.6) is 0 Å². The topological polar surface area (TPSA) is 73.3 Å². The van der Waals surface area contributed by atoms with Gasteiger partial charge in [0, 0.05) is 25.3 Å². The minimum absolute atomic E-state index is 0.0110. The summed E-state index contributed by atoms with van der Waals surface area (Å²) in [6.07, 6.45) is 0.707. The number of nitrogens with zero attached hydrogens (tertiary/aromatic N) is 1. The lowest BCUT2D eigenvalue weighted by molar-refractivity contribution is 0.289. The summed E-state index contributed by atoms with van der Waals surface area (Å²) in [6, 6.07) is 5.34. The maximum atomic E-state index is 8.84. The molecule has 0 aromatic heterocycles. The third kappa shape index (κ3) is 3.61. The predicted octanol–water partition coefficient (Wildman–Crippen LogP) is 1.83. The quantitative estimate of drug-likeness (QED) is 0.536. The first-order chi connectivity index (χ1) is 8.10. The molecule has 0 atom stereocenters. The van der Waals surface area contributed by atoms with Gasteiger partial charge in [0.25, 0.3) is 0 Å². The molecule has 0 aliphatic rings. The Hall–Kier alpha value is -1.26. The lowest BCUT2D eigenvalue weighted by atomic mass is 10.1. The Balaban J connectivity index is 2.92. The standard InChI is InChI=1S/C12H18ClN3O/c1-2-16(6-3-7-17)11-5-4-9(12(14)15)8-10(11)13/h4-5,8,17H,2-3,6-7H2,1H3,(H3,14,15). The zero-order chi connectivity index (χ0) is 12.8. The number of aliphatic hydroxyl groups excluding tert-OH is 1. The summed E-state index contributed by atoms with van der Waals surface area (Å²) in [4.78, 5) is 2.09. The van der Waals surface area contributed by atoms with Crippen molar-refractivity contribution in [3.05, 3.63) is 28.8 Å². The largest absolute Gasteiger partial charge is 0.396 e. The Morgan fingerprint density at radius 3 is 2.71 bits per heavy atom. The molecule has 17 heavy (non-hydrogen) atoms. The van der Waals surface area contributed by atoms with Gasteiger partial charge >= 0.3 is 0 Å². The van der Waals surface area contributed by atoms with E-state index >= 15 is 0 Å². The summed E-state index contributed by atoms with van der Waals surface area (Å²) in [5.74, 6) is 0.0110. The molecule has 0 aliphatic carbocycles. The van der Waals surface area contributed by atoms with Gasteiger partial charge < -0.3 is 15.7 Å². The van der Waals surface area contributed by atoms with Crippen LogP contribution in [0.4, 0.5) is 5.69 Å². The zero-order valence-electron chi connectivity index (χ0n) is 9.91. The highest BCUT2D eigenvalue weighted by Gasteiger charge is 2.09. The number of rotatable bonds is 6. The molecule has 0 saturated heterocycles. The highest BCUT2D eigenvalue weighted by molar-refractivity contribution is 6.33. The number of benzene rings is 1. The van der Waals surface area contributed by atoms with Crippen LogP contribution >= 0.6 is 11.6 Å². The molecule has 0 spiro atoms. The van der Waals surface area contributed by atoms with E-state index < -0.39 is 0 Å². The maximum absolute atomic E-state index is 8.84. The number of anilines is 1. The number of nitrogens with two attached hydrogens (primary N) is 1. The van der Waals surface area contributed by atoms with Crippen molar-refractivity contribution < 1.29 is 5.11 Å². The minimum atomic E-state index is 0.0110. The van der Waals surface area contributed by atoms with Crippen molar-refractivity contribution in [2.24, 2.45) is 5.73 Å². The van der Waals surface area contributed by atoms with Crippen molar-refractivity contribution in [1.29, 1.82) is 5.41 Å². The smallest absolute Gasteiger partial charge is 0.122 e. The molecule has 94 valence electrons. The highest BCUT2D eigenvalue weighted by atomic mass is 35.5. The molecular weight excluding hydrogens is 238 g/mol. The van der Waals surface area contributed by atoms with Crippen LogP contribution in [0.2, 0.25) is 5.02 Å². The summed E-state index contributed by atoms with van der Waals surface area (Å²) >= 11 is 6.17. The van der Waals surface area contributed by atoms with E-state index in [1.807, 2.05) is 13.0 Å². The van der Waals surface area contributed by atoms with E-state index in [2.05, 4.69) is 4.90 Å². The number of amidine groups is 1. The van der Waals surface area contributed by atoms with Crippen molar-refractivity contribution >= 4 is 23.1 Å². The second-order valence-electron chi connectivity index (χ2n) is 3.74.